The smallest absolute Gasteiger partial charge is 0.308 e. The Morgan fingerprint density at radius 2 is 1.51 bits per heavy atom. The van der Waals surface area contributed by atoms with Crippen molar-refractivity contribution in [3.05, 3.63) is 114 Å². The molecule has 1 aliphatic rings. The lowest BCUT2D eigenvalue weighted by atomic mass is 9.98. The van der Waals surface area contributed by atoms with Crippen molar-refractivity contribution in [2.45, 2.75) is 45.7 Å². The van der Waals surface area contributed by atoms with Gasteiger partial charge in [-0.25, -0.2) is 8.42 Å². The highest BCUT2D eigenvalue weighted by Gasteiger charge is 2.27. The minimum atomic E-state index is -3.42. The molecule has 5 rings (SSSR count). The Hall–Kier alpha value is -5.03. The molecule has 0 saturated carbocycles. The summed E-state index contributed by atoms with van der Waals surface area (Å²) in [7, 11) is -3.42. The Morgan fingerprint density at radius 1 is 0.878 bits per heavy atom. The van der Waals surface area contributed by atoms with Crippen molar-refractivity contribution in [3.8, 4) is 17.2 Å². The second-order valence-electron chi connectivity index (χ2n) is 12.4. The summed E-state index contributed by atoms with van der Waals surface area (Å²) in [4.78, 5) is 27.7. The zero-order chi connectivity index (χ0) is 34.8. The van der Waals surface area contributed by atoms with Gasteiger partial charge in [-0.05, 0) is 91.4 Å². The van der Waals surface area contributed by atoms with Gasteiger partial charge in [-0.15, -0.1) is 0 Å². The fraction of sp³-hybridized carbons (Fsp3) is 0.316. The normalized spacial score (nSPS) is 14.6. The van der Waals surface area contributed by atoms with Crippen LogP contribution in [-0.4, -0.2) is 56.3 Å². The van der Waals surface area contributed by atoms with E-state index in [4.69, 9.17) is 9.47 Å². The number of carboxylic acid groups (broad SMARTS) is 1. The van der Waals surface area contributed by atoms with E-state index in [0.29, 0.717) is 74.9 Å². The molecule has 1 amide bonds. The Labute approximate surface area is 288 Å². The highest BCUT2D eigenvalue weighted by Crippen LogP contribution is 2.31. The largest absolute Gasteiger partial charge is 0.494 e. The van der Waals surface area contributed by atoms with Crippen LogP contribution in [0, 0.1) is 12.8 Å². The lowest BCUT2D eigenvalue weighted by Crippen LogP contribution is -2.42. The summed E-state index contributed by atoms with van der Waals surface area (Å²) in [6.07, 6.45) is 3.35. The zero-order valence-corrected chi connectivity index (χ0v) is 28.7. The van der Waals surface area contributed by atoms with E-state index in [1.165, 1.54) is 0 Å². The molecule has 2 N–H and O–H groups in total. The Morgan fingerprint density at radius 3 is 2.16 bits per heavy atom. The van der Waals surface area contributed by atoms with Gasteiger partial charge in [-0.2, -0.15) is 0 Å². The number of hydrogen-bond donors (Lipinski definition) is 2. The lowest BCUT2D eigenvalue weighted by Gasteiger charge is -2.30. The number of likely N-dealkylation sites (tertiary alicyclic amines) is 1. The van der Waals surface area contributed by atoms with Crippen molar-refractivity contribution >= 4 is 33.3 Å². The molecule has 258 valence electrons. The number of carbonyl (C=O) groups excluding carboxylic acids is 1. The predicted molar refractivity (Wildman–Crippen MR) is 191 cm³/mol. The van der Waals surface area contributed by atoms with Crippen molar-refractivity contribution < 1.29 is 32.6 Å². The molecule has 1 fully saturated rings. The van der Waals surface area contributed by atoms with Gasteiger partial charge >= 0.3 is 5.97 Å². The van der Waals surface area contributed by atoms with Gasteiger partial charge in [-0.3, -0.25) is 14.3 Å². The van der Waals surface area contributed by atoms with Crippen LogP contribution in [0.5, 0.6) is 17.2 Å². The molecule has 4 aromatic rings. The van der Waals surface area contributed by atoms with Gasteiger partial charge in [0.15, 0.2) is 0 Å². The van der Waals surface area contributed by atoms with Gasteiger partial charge in [0, 0.05) is 38.3 Å². The van der Waals surface area contributed by atoms with Gasteiger partial charge in [0.1, 0.15) is 17.2 Å². The first kappa shape index (κ1) is 35.3. The number of carbonyl (C=O) groups is 2. The fourth-order valence-corrected chi connectivity index (χ4v) is 6.53. The lowest BCUT2D eigenvalue weighted by molar-refractivity contribution is -0.145. The van der Waals surface area contributed by atoms with E-state index in [0.717, 1.165) is 28.6 Å². The first-order chi connectivity index (χ1) is 23.5. The van der Waals surface area contributed by atoms with Crippen LogP contribution in [-0.2, 0) is 32.7 Å². The van der Waals surface area contributed by atoms with Crippen LogP contribution in [0.15, 0.2) is 97.1 Å². The maximum absolute atomic E-state index is 12.5. The van der Waals surface area contributed by atoms with Gasteiger partial charge in [0.05, 0.1) is 24.5 Å². The third-order valence-corrected chi connectivity index (χ3v) is 9.03. The number of amides is 1. The first-order valence-corrected chi connectivity index (χ1v) is 18.3. The third-order valence-electron chi connectivity index (χ3n) is 8.44. The number of ether oxygens (including phenoxy) is 2. The average Bonchev–Trinajstić information content (AvgIpc) is 3.09. The van der Waals surface area contributed by atoms with Gasteiger partial charge < -0.3 is 24.4 Å². The van der Waals surface area contributed by atoms with Gasteiger partial charge in [0.25, 0.3) is 0 Å². The van der Waals surface area contributed by atoms with E-state index in [1.54, 1.807) is 11.0 Å². The number of hydrogen-bond acceptors (Lipinski definition) is 7. The monoisotopic (exact) mass is 685 g/mol. The summed E-state index contributed by atoms with van der Waals surface area (Å²) < 4.78 is 38.5. The van der Waals surface area contributed by atoms with Crippen molar-refractivity contribution in [3.63, 3.8) is 0 Å². The summed E-state index contributed by atoms with van der Waals surface area (Å²) in [5, 5.41) is 9.25. The summed E-state index contributed by atoms with van der Waals surface area (Å²) in [5.41, 5.74) is 4.53. The van der Waals surface area contributed by atoms with Crippen LogP contribution in [0.4, 0.5) is 11.4 Å². The number of rotatable bonds is 15. The molecule has 1 unspecified atom stereocenters. The molecule has 0 aliphatic carbocycles. The summed E-state index contributed by atoms with van der Waals surface area (Å²) >= 11 is 0. The number of anilines is 2. The van der Waals surface area contributed by atoms with Crippen LogP contribution >= 0.6 is 0 Å². The van der Waals surface area contributed by atoms with Crippen LogP contribution < -0.4 is 19.1 Å². The minimum Gasteiger partial charge on any atom is -0.494 e. The quantitative estimate of drug-likeness (QED) is 0.130. The number of sulfonamides is 1. The zero-order valence-electron chi connectivity index (χ0n) is 27.9. The molecule has 11 heteroatoms. The molecule has 0 aromatic heterocycles. The maximum atomic E-state index is 12.5. The number of nitrogens with zero attached hydrogens (tertiary/aromatic N) is 2. The van der Waals surface area contributed by atoms with E-state index >= 15 is 0 Å². The Kier molecular flexibility index (Phi) is 11.8. The van der Waals surface area contributed by atoms with Gasteiger partial charge in [0.2, 0.25) is 15.9 Å². The average molecular weight is 686 g/mol. The topological polar surface area (TPSA) is 125 Å². The summed E-state index contributed by atoms with van der Waals surface area (Å²) in [6, 6.07) is 31.0. The van der Waals surface area contributed by atoms with Crippen LogP contribution in [0.1, 0.15) is 42.4 Å². The van der Waals surface area contributed by atoms with Gasteiger partial charge in [-0.1, -0.05) is 48.5 Å². The molecular weight excluding hydrogens is 642 g/mol. The van der Waals surface area contributed by atoms with E-state index < -0.39 is 21.9 Å². The van der Waals surface area contributed by atoms with Crippen molar-refractivity contribution in [2.24, 2.45) is 5.92 Å². The molecule has 1 saturated heterocycles. The summed E-state index contributed by atoms with van der Waals surface area (Å²) in [5.74, 6) is 0.667. The fourth-order valence-electron chi connectivity index (χ4n) is 5.91. The van der Waals surface area contributed by atoms with Crippen molar-refractivity contribution in [1.29, 1.82) is 0 Å². The van der Waals surface area contributed by atoms with E-state index in [9.17, 15) is 23.1 Å². The van der Waals surface area contributed by atoms with Crippen molar-refractivity contribution in [2.75, 3.05) is 35.6 Å². The molecule has 49 heavy (non-hydrogen) atoms. The van der Waals surface area contributed by atoms with E-state index in [2.05, 4.69) is 21.8 Å². The van der Waals surface area contributed by atoms with Crippen LogP contribution in [0.25, 0.3) is 0 Å². The Balaban J connectivity index is 1.15. The van der Waals surface area contributed by atoms with Crippen LogP contribution in [0.2, 0.25) is 0 Å². The number of benzene rings is 4. The molecule has 0 spiro atoms. The van der Waals surface area contributed by atoms with E-state index in [-0.39, 0.29) is 12.5 Å². The maximum Gasteiger partial charge on any atom is 0.308 e. The molecule has 10 nitrogen and oxygen atoms in total. The standard InChI is InChI=1S/C38H43N3O7S/c1-28-35(39-49(2,45)46)12-6-13-36(28)41(25-29-9-4-3-5-10-29)26-30-15-17-33(18-16-30)48-34-21-19-32(20-22-34)47-24-8-14-37(42)40-23-7-11-31(27-40)38(43)44/h3-6,9-10,12-13,15-22,31,39H,7-8,11,14,23-27H2,1-2H3,(H,43,44). The molecular formula is C38H43N3O7S. The minimum absolute atomic E-state index is 0.0283. The van der Waals surface area contributed by atoms with Crippen LogP contribution in [0.3, 0.4) is 0 Å². The number of carboxylic acids is 1. The predicted octanol–water partition coefficient (Wildman–Crippen LogP) is 6.85. The highest BCUT2D eigenvalue weighted by molar-refractivity contribution is 7.92. The molecule has 0 bridgehead atoms. The first-order valence-electron chi connectivity index (χ1n) is 16.4. The summed E-state index contributed by atoms with van der Waals surface area (Å²) in [6.45, 7) is 4.43. The third kappa shape index (κ3) is 10.5. The molecule has 1 aliphatic heterocycles. The molecule has 0 radical (unpaired) electrons. The second-order valence-corrected chi connectivity index (χ2v) is 14.1. The Bertz CT molecular complexity index is 1810. The second kappa shape index (κ2) is 16.4. The highest BCUT2D eigenvalue weighted by atomic mass is 32.2. The number of nitrogens with one attached hydrogen (secondary N) is 1. The van der Waals surface area contributed by atoms with E-state index in [1.807, 2.05) is 85.8 Å². The SMILES string of the molecule is Cc1c(NS(C)(=O)=O)cccc1N(Cc1ccccc1)Cc1ccc(Oc2ccc(OCCCC(=O)N3CCCC(C(=O)O)C3)cc2)cc1. The molecule has 4 aromatic carbocycles. The van der Waals surface area contributed by atoms with Crippen molar-refractivity contribution in [1.82, 2.24) is 4.90 Å². The molecule has 1 heterocycles. The molecule has 1 atom stereocenters. The number of aliphatic carboxylic acids is 1. The number of piperidine rings is 1.